The molecule has 0 rings (SSSR count). The Hall–Kier alpha value is -0.309. The van der Waals surface area contributed by atoms with Crippen molar-refractivity contribution in [1.29, 1.82) is 5.41 Å². The number of hydrogen-bond donors (Lipinski definition) is 5. The van der Waals surface area contributed by atoms with Gasteiger partial charge in [0.2, 0.25) is 0 Å². The standard InChI is InChI=1S/C14H38N6O2Si3.2ClH/c1-23(2,11-7-9-19-13(15)16)21-25(5,6)22-24(3,4)12-8-10-20-14(17)18;;/h7-12H2,1-6H3,(H4,15,16,19)(H4,17,18,20);2*1H. The molecule has 0 aliphatic rings. The van der Waals surface area contributed by atoms with E-state index in [2.05, 4.69) is 49.6 Å². The van der Waals surface area contributed by atoms with Gasteiger partial charge in [-0.25, -0.2) is 0 Å². The predicted molar refractivity (Wildman–Crippen MR) is 129 cm³/mol. The molecule has 0 unspecified atom stereocenters. The van der Waals surface area contributed by atoms with Crippen LogP contribution in [0.25, 0.3) is 0 Å². The van der Waals surface area contributed by atoms with Crippen LogP contribution < -0.4 is 22.5 Å². The second-order valence-electron chi connectivity index (χ2n) is 7.98. The van der Waals surface area contributed by atoms with Crippen molar-refractivity contribution in [3.05, 3.63) is 0 Å². The third-order valence-electron chi connectivity index (χ3n) is 3.55. The summed E-state index contributed by atoms with van der Waals surface area (Å²) in [5.74, 6) is 0.164. The lowest BCUT2D eigenvalue weighted by atomic mass is 10.5. The molecule has 0 saturated heterocycles. The molecule has 0 heterocycles. The van der Waals surface area contributed by atoms with Crippen LogP contribution in [0, 0.1) is 5.41 Å². The van der Waals surface area contributed by atoms with Crippen LogP contribution in [-0.4, -0.2) is 50.2 Å². The molecule has 164 valence electrons. The van der Waals surface area contributed by atoms with E-state index < -0.39 is 25.2 Å². The molecule has 0 aliphatic heterocycles. The molecule has 0 aromatic heterocycles. The number of nitrogens with zero attached hydrogens (tertiary/aromatic N) is 1. The Morgan fingerprint density at radius 2 is 1.33 bits per heavy atom. The second kappa shape index (κ2) is 13.8. The van der Waals surface area contributed by atoms with Gasteiger partial charge in [-0.15, -0.1) is 24.8 Å². The fourth-order valence-corrected chi connectivity index (χ4v) is 16.9. The molecule has 13 heteroatoms. The SMILES string of the molecule is C[Si](C)(CCCN=C(N)N)O[Si](C)(C)O[Si](C)(C)CCCNC(=N)N.Cl.Cl. The van der Waals surface area contributed by atoms with Crippen LogP contribution >= 0.6 is 24.8 Å². The van der Waals surface area contributed by atoms with Gasteiger partial charge >= 0.3 is 8.56 Å². The summed E-state index contributed by atoms with van der Waals surface area (Å²) in [7, 11) is -5.81. The molecule has 0 saturated carbocycles. The highest BCUT2D eigenvalue weighted by Crippen LogP contribution is 2.25. The molecule has 27 heavy (non-hydrogen) atoms. The Balaban J connectivity index is -0.00000288. The van der Waals surface area contributed by atoms with Gasteiger partial charge in [-0.1, -0.05) is 0 Å². The fraction of sp³-hybridized carbons (Fsp3) is 0.857. The van der Waals surface area contributed by atoms with Crippen molar-refractivity contribution < 1.29 is 8.23 Å². The third kappa shape index (κ3) is 18.8. The minimum absolute atomic E-state index is 0. The summed E-state index contributed by atoms with van der Waals surface area (Å²) in [4.78, 5) is 4.03. The van der Waals surface area contributed by atoms with E-state index in [4.69, 9.17) is 30.8 Å². The van der Waals surface area contributed by atoms with Crippen molar-refractivity contribution in [3.8, 4) is 0 Å². The molecular weight excluding hydrogens is 439 g/mol. The van der Waals surface area contributed by atoms with Crippen molar-refractivity contribution >= 4 is 61.9 Å². The summed E-state index contributed by atoms with van der Waals surface area (Å²) >= 11 is 0. The first-order valence-electron chi connectivity index (χ1n) is 8.78. The lowest BCUT2D eigenvalue weighted by Gasteiger charge is -2.38. The summed E-state index contributed by atoms with van der Waals surface area (Å²) in [5, 5.41) is 10.0. The van der Waals surface area contributed by atoms with Gasteiger partial charge in [0.25, 0.3) is 0 Å². The Kier molecular flexibility index (Phi) is 16.0. The first-order valence-corrected chi connectivity index (χ1v) is 17.8. The van der Waals surface area contributed by atoms with Crippen LogP contribution in [0.4, 0.5) is 0 Å². The van der Waals surface area contributed by atoms with E-state index in [1.54, 1.807) is 0 Å². The van der Waals surface area contributed by atoms with Crippen molar-refractivity contribution in [1.82, 2.24) is 5.32 Å². The topological polar surface area (TPSA) is 145 Å². The number of nitrogens with two attached hydrogens (primary N) is 3. The molecule has 0 fully saturated rings. The molecule has 0 atom stereocenters. The van der Waals surface area contributed by atoms with Gasteiger partial charge in [-0.05, 0) is 64.2 Å². The van der Waals surface area contributed by atoms with E-state index >= 15 is 0 Å². The maximum atomic E-state index is 7.18. The smallest absolute Gasteiger partial charge is 0.311 e. The van der Waals surface area contributed by atoms with Crippen LogP contribution in [-0.2, 0) is 8.23 Å². The van der Waals surface area contributed by atoms with Crippen LogP contribution in [0.3, 0.4) is 0 Å². The molecule has 0 spiro atoms. The highest BCUT2D eigenvalue weighted by atomic mass is 35.5. The molecular formula is C14H40Cl2N6O2Si3. The van der Waals surface area contributed by atoms with E-state index in [1.165, 1.54) is 0 Å². The summed E-state index contributed by atoms with van der Waals surface area (Å²) in [6, 6.07) is 2.02. The molecule has 8 N–H and O–H groups in total. The lowest BCUT2D eigenvalue weighted by molar-refractivity contribution is 0.387. The Labute approximate surface area is 180 Å². The maximum absolute atomic E-state index is 7.18. The van der Waals surface area contributed by atoms with Crippen molar-refractivity contribution in [2.75, 3.05) is 13.1 Å². The Morgan fingerprint density at radius 3 is 1.74 bits per heavy atom. The molecule has 0 aliphatic carbocycles. The first-order chi connectivity index (χ1) is 11.2. The van der Waals surface area contributed by atoms with E-state index in [0.717, 1.165) is 24.9 Å². The fourth-order valence-electron chi connectivity index (χ4n) is 2.90. The third-order valence-corrected chi connectivity index (χ3v) is 15.0. The van der Waals surface area contributed by atoms with Crippen molar-refractivity contribution in [3.63, 3.8) is 0 Å². The highest BCUT2D eigenvalue weighted by Gasteiger charge is 2.39. The van der Waals surface area contributed by atoms with Gasteiger partial charge < -0.3 is 30.7 Å². The van der Waals surface area contributed by atoms with Crippen LogP contribution in [0.1, 0.15) is 12.8 Å². The van der Waals surface area contributed by atoms with E-state index in [1.807, 2.05) is 0 Å². The first kappa shape index (κ1) is 31.4. The van der Waals surface area contributed by atoms with E-state index in [9.17, 15) is 0 Å². The van der Waals surface area contributed by atoms with Gasteiger partial charge in [0.05, 0.1) is 0 Å². The van der Waals surface area contributed by atoms with E-state index in [0.29, 0.717) is 13.1 Å². The average molecular weight is 480 g/mol. The zero-order chi connectivity index (χ0) is 19.7. The van der Waals surface area contributed by atoms with Crippen molar-refractivity contribution in [2.45, 2.75) is 64.2 Å². The van der Waals surface area contributed by atoms with Crippen molar-refractivity contribution in [2.24, 2.45) is 22.2 Å². The summed E-state index contributed by atoms with van der Waals surface area (Å²) in [5.41, 5.74) is 16.0. The Bertz CT molecular complexity index is 464. The quantitative estimate of drug-likeness (QED) is 0.126. The normalized spacial score (nSPS) is 11.8. The number of rotatable bonds is 12. The zero-order valence-corrected chi connectivity index (χ0v) is 22.2. The number of aliphatic imine (C=N–C) groups is 1. The van der Waals surface area contributed by atoms with E-state index in [-0.39, 0.29) is 36.7 Å². The molecule has 0 amide bonds. The van der Waals surface area contributed by atoms with Crippen LogP contribution in [0.5, 0.6) is 0 Å². The second-order valence-corrected chi connectivity index (χ2v) is 20.4. The number of halogens is 2. The van der Waals surface area contributed by atoms with Gasteiger partial charge in [-0.3, -0.25) is 10.4 Å². The molecule has 0 aromatic carbocycles. The zero-order valence-electron chi connectivity index (χ0n) is 17.6. The average Bonchev–Trinajstić information content (AvgIpc) is 2.36. The lowest BCUT2D eigenvalue weighted by Crippen LogP contribution is -2.52. The summed E-state index contributed by atoms with van der Waals surface area (Å²) in [6.45, 7) is 14.5. The maximum Gasteiger partial charge on any atom is 0.311 e. The van der Waals surface area contributed by atoms with Crippen LogP contribution in [0.2, 0.25) is 51.4 Å². The molecule has 8 nitrogen and oxygen atoms in total. The minimum Gasteiger partial charge on any atom is -0.437 e. The number of nitrogens with one attached hydrogen (secondary N) is 2. The monoisotopic (exact) mass is 478 g/mol. The molecule has 0 bridgehead atoms. The van der Waals surface area contributed by atoms with Gasteiger partial charge in [-0.2, -0.15) is 0 Å². The minimum atomic E-state index is -2.19. The van der Waals surface area contributed by atoms with Crippen LogP contribution in [0.15, 0.2) is 4.99 Å². The highest BCUT2D eigenvalue weighted by molar-refractivity contribution is 6.87. The summed E-state index contributed by atoms with van der Waals surface area (Å²) in [6.07, 6.45) is 1.88. The number of hydrogen-bond acceptors (Lipinski definition) is 4. The molecule has 0 radical (unpaired) electrons. The summed E-state index contributed by atoms with van der Waals surface area (Å²) < 4.78 is 13.0. The van der Waals surface area contributed by atoms with Gasteiger partial charge in [0, 0.05) is 13.1 Å². The Morgan fingerprint density at radius 1 is 0.889 bits per heavy atom. The van der Waals surface area contributed by atoms with Gasteiger partial charge in [0.1, 0.15) is 0 Å². The molecule has 0 aromatic rings. The largest absolute Gasteiger partial charge is 0.437 e. The number of guanidine groups is 2. The predicted octanol–water partition coefficient (Wildman–Crippen LogP) is 2.51. The van der Waals surface area contributed by atoms with Gasteiger partial charge in [0.15, 0.2) is 28.6 Å².